The van der Waals surface area contributed by atoms with Crippen molar-refractivity contribution < 1.29 is 0 Å². The summed E-state index contributed by atoms with van der Waals surface area (Å²) in [6.45, 7) is 5.11. The van der Waals surface area contributed by atoms with Crippen LogP contribution in [0, 0.1) is 6.92 Å². The molecule has 2 aromatic rings. The Hall–Kier alpha value is -2.04. The molecule has 5 nitrogen and oxygen atoms in total. The Labute approximate surface area is 112 Å². The highest BCUT2D eigenvalue weighted by Gasteiger charge is 2.42. The third kappa shape index (κ3) is 2.05. The number of hydrogen-bond donors (Lipinski definition) is 0. The summed E-state index contributed by atoms with van der Waals surface area (Å²) in [5.74, 6) is 1.62. The standard InChI is InChI=1S/C14H17N5/c1-11-5-9-15-12(18-11)14(2)6-3-10-19(14)13-16-7-4-8-17-13/h4-5,7-9H,3,6,10H2,1-2H3/t14-/m0/s1. The second kappa shape index (κ2) is 4.57. The molecule has 0 unspecified atom stereocenters. The first kappa shape index (κ1) is 12.0. The van der Waals surface area contributed by atoms with Crippen molar-refractivity contribution in [3.05, 3.63) is 42.2 Å². The lowest BCUT2D eigenvalue weighted by atomic mass is 9.98. The fraction of sp³-hybridized carbons (Fsp3) is 0.429. The molecular weight excluding hydrogens is 238 g/mol. The molecule has 1 aliphatic rings. The van der Waals surface area contributed by atoms with E-state index in [0.29, 0.717) is 0 Å². The van der Waals surface area contributed by atoms with E-state index in [9.17, 15) is 0 Å². The summed E-state index contributed by atoms with van der Waals surface area (Å²) in [5, 5.41) is 0. The molecule has 0 spiro atoms. The van der Waals surface area contributed by atoms with Crippen LogP contribution in [0.1, 0.15) is 31.3 Å². The highest BCUT2D eigenvalue weighted by molar-refractivity contribution is 5.38. The first-order valence-corrected chi connectivity index (χ1v) is 6.55. The van der Waals surface area contributed by atoms with Crippen molar-refractivity contribution in [3.63, 3.8) is 0 Å². The van der Waals surface area contributed by atoms with E-state index in [4.69, 9.17) is 0 Å². The van der Waals surface area contributed by atoms with Crippen molar-refractivity contribution in [1.82, 2.24) is 19.9 Å². The Morgan fingerprint density at radius 1 is 1.16 bits per heavy atom. The molecule has 0 amide bonds. The highest BCUT2D eigenvalue weighted by Crippen LogP contribution is 2.38. The van der Waals surface area contributed by atoms with E-state index in [2.05, 4.69) is 31.8 Å². The van der Waals surface area contributed by atoms with Crippen LogP contribution >= 0.6 is 0 Å². The summed E-state index contributed by atoms with van der Waals surface area (Å²) < 4.78 is 0. The number of rotatable bonds is 2. The molecule has 1 saturated heterocycles. The van der Waals surface area contributed by atoms with Crippen LogP contribution in [0.15, 0.2) is 30.7 Å². The maximum atomic E-state index is 4.59. The van der Waals surface area contributed by atoms with E-state index in [0.717, 1.165) is 36.9 Å². The van der Waals surface area contributed by atoms with Crippen LogP contribution in [0.25, 0.3) is 0 Å². The monoisotopic (exact) mass is 255 g/mol. The summed E-state index contributed by atoms with van der Waals surface area (Å²) in [4.78, 5) is 20.0. The Kier molecular flexibility index (Phi) is 2.89. The number of anilines is 1. The van der Waals surface area contributed by atoms with Crippen molar-refractivity contribution in [2.75, 3.05) is 11.4 Å². The molecule has 0 N–H and O–H groups in total. The molecule has 0 aromatic carbocycles. The van der Waals surface area contributed by atoms with Crippen molar-refractivity contribution in [1.29, 1.82) is 0 Å². The lowest BCUT2D eigenvalue weighted by Gasteiger charge is -2.33. The molecule has 3 heterocycles. The van der Waals surface area contributed by atoms with Gasteiger partial charge in [0.15, 0.2) is 5.82 Å². The molecule has 2 aromatic heterocycles. The van der Waals surface area contributed by atoms with Gasteiger partial charge < -0.3 is 4.90 Å². The van der Waals surface area contributed by atoms with Gasteiger partial charge in [-0.1, -0.05) is 0 Å². The topological polar surface area (TPSA) is 54.8 Å². The smallest absolute Gasteiger partial charge is 0.226 e. The minimum atomic E-state index is -0.215. The van der Waals surface area contributed by atoms with Gasteiger partial charge in [-0.05, 0) is 38.8 Å². The zero-order valence-electron chi connectivity index (χ0n) is 11.2. The summed E-state index contributed by atoms with van der Waals surface area (Å²) in [6, 6.07) is 3.76. The Bertz CT molecular complexity index is 571. The van der Waals surface area contributed by atoms with Gasteiger partial charge in [-0.2, -0.15) is 0 Å². The molecule has 1 fully saturated rings. The zero-order chi connectivity index (χ0) is 13.3. The average Bonchev–Trinajstić information content (AvgIpc) is 2.83. The molecule has 0 bridgehead atoms. The van der Waals surface area contributed by atoms with Crippen LogP contribution in [-0.4, -0.2) is 26.5 Å². The third-order valence-corrected chi connectivity index (χ3v) is 3.71. The van der Waals surface area contributed by atoms with Gasteiger partial charge in [-0.3, -0.25) is 0 Å². The molecule has 0 radical (unpaired) electrons. The molecular formula is C14H17N5. The van der Waals surface area contributed by atoms with E-state index < -0.39 is 0 Å². The van der Waals surface area contributed by atoms with Crippen molar-refractivity contribution in [2.24, 2.45) is 0 Å². The van der Waals surface area contributed by atoms with Crippen LogP contribution in [0.2, 0.25) is 0 Å². The average molecular weight is 255 g/mol. The molecule has 98 valence electrons. The molecule has 19 heavy (non-hydrogen) atoms. The minimum absolute atomic E-state index is 0.215. The van der Waals surface area contributed by atoms with Gasteiger partial charge in [0, 0.05) is 30.8 Å². The third-order valence-electron chi connectivity index (χ3n) is 3.71. The highest BCUT2D eigenvalue weighted by atomic mass is 15.3. The second-order valence-corrected chi connectivity index (χ2v) is 5.10. The van der Waals surface area contributed by atoms with Gasteiger partial charge in [0.2, 0.25) is 5.95 Å². The quantitative estimate of drug-likeness (QED) is 0.822. The Balaban J connectivity index is 2.02. The number of hydrogen-bond acceptors (Lipinski definition) is 5. The minimum Gasteiger partial charge on any atom is -0.328 e. The first-order valence-electron chi connectivity index (χ1n) is 6.55. The van der Waals surface area contributed by atoms with Gasteiger partial charge in [-0.25, -0.2) is 19.9 Å². The van der Waals surface area contributed by atoms with Gasteiger partial charge in [0.1, 0.15) is 5.54 Å². The lowest BCUT2D eigenvalue weighted by Crippen LogP contribution is -2.41. The Morgan fingerprint density at radius 3 is 2.68 bits per heavy atom. The molecule has 1 aliphatic heterocycles. The number of aryl methyl sites for hydroxylation is 1. The SMILES string of the molecule is Cc1ccnc([C@]2(C)CCCN2c2ncccn2)n1. The van der Waals surface area contributed by atoms with Crippen LogP contribution in [0.4, 0.5) is 5.95 Å². The molecule has 5 heteroatoms. The second-order valence-electron chi connectivity index (χ2n) is 5.10. The fourth-order valence-electron chi connectivity index (χ4n) is 2.66. The van der Waals surface area contributed by atoms with Crippen molar-refractivity contribution >= 4 is 5.95 Å². The predicted octanol–water partition coefficient (Wildman–Crippen LogP) is 2.09. The van der Waals surface area contributed by atoms with E-state index in [-0.39, 0.29) is 5.54 Å². The fourth-order valence-corrected chi connectivity index (χ4v) is 2.66. The van der Waals surface area contributed by atoms with E-state index in [1.165, 1.54) is 0 Å². The van der Waals surface area contributed by atoms with Crippen LogP contribution in [-0.2, 0) is 5.54 Å². The number of nitrogens with zero attached hydrogens (tertiary/aromatic N) is 5. The summed E-state index contributed by atoms with van der Waals surface area (Å²) in [5.41, 5.74) is 0.778. The van der Waals surface area contributed by atoms with E-state index in [1.54, 1.807) is 12.4 Å². The first-order chi connectivity index (χ1) is 9.20. The molecule has 3 rings (SSSR count). The molecule has 1 atom stereocenters. The van der Waals surface area contributed by atoms with E-state index in [1.807, 2.05) is 25.3 Å². The zero-order valence-corrected chi connectivity index (χ0v) is 11.2. The van der Waals surface area contributed by atoms with Crippen molar-refractivity contribution in [3.8, 4) is 0 Å². The van der Waals surface area contributed by atoms with Gasteiger partial charge >= 0.3 is 0 Å². The molecule has 0 aliphatic carbocycles. The van der Waals surface area contributed by atoms with Gasteiger partial charge in [0.25, 0.3) is 0 Å². The van der Waals surface area contributed by atoms with E-state index >= 15 is 0 Å². The predicted molar refractivity (Wildman–Crippen MR) is 72.7 cm³/mol. The largest absolute Gasteiger partial charge is 0.328 e. The maximum absolute atomic E-state index is 4.59. The van der Waals surface area contributed by atoms with Crippen LogP contribution < -0.4 is 4.90 Å². The lowest BCUT2D eigenvalue weighted by molar-refractivity contribution is 0.453. The summed E-state index contributed by atoms with van der Waals surface area (Å²) >= 11 is 0. The van der Waals surface area contributed by atoms with Crippen LogP contribution in [0.3, 0.4) is 0 Å². The van der Waals surface area contributed by atoms with Gasteiger partial charge in [0.05, 0.1) is 0 Å². The normalized spacial score (nSPS) is 22.7. The summed E-state index contributed by atoms with van der Waals surface area (Å²) in [7, 11) is 0. The van der Waals surface area contributed by atoms with Crippen LogP contribution in [0.5, 0.6) is 0 Å². The molecule has 0 saturated carbocycles. The van der Waals surface area contributed by atoms with Gasteiger partial charge in [-0.15, -0.1) is 0 Å². The number of aromatic nitrogens is 4. The maximum Gasteiger partial charge on any atom is 0.226 e. The Morgan fingerprint density at radius 2 is 1.95 bits per heavy atom. The van der Waals surface area contributed by atoms with Crippen molar-refractivity contribution in [2.45, 2.75) is 32.2 Å². The summed E-state index contributed by atoms with van der Waals surface area (Å²) in [6.07, 6.45) is 7.50.